The summed E-state index contributed by atoms with van der Waals surface area (Å²) in [4.78, 5) is 2.10. The number of nitrogens with zero attached hydrogens (tertiary/aromatic N) is 2. The zero-order valence-corrected chi connectivity index (χ0v) is 12.2. The third kappa shape index (κ3) is 10.7. The molecular weight excluding hydrogens is 250 g/mol. The Morgan fingerprint density at radius 1 is 1.21 bits per heavy atom. The highest BCUT2D eigenvalue weighted by molar-refractivity contribution is 5.80. The van der Waals surface area contributed by atoms with Gasteiger partial charge >= 0.3 is 0 Å². The fourth-order valence-corrected chi connectivity index (χ4v) is 1.39. The quantitative estimate of drug-likeness (QED) is 0.173. The molecular formula is C12H27N3O4. The van der Waals surface area contributed by atoms with E-state index in [1.54, 1.807) is 7.11 Å². The van der Waals surface area contributed by atoms with E-state index in [1.807, 2.05) is 14.0 Å². The second kappa shape index (κ2) is 12.2. The minimum Gasteiger partial charge on any atom is -0.409 e. The van der Waals surface area contributed by atoms with Gasteiger partial charge in [-0.1, -0.05) is 5.16 Å². The van der Waals surface area contributed by atoms with Crippen LogP contribution in [0.2, 0.25) is 0 Å². The number of oxime groups is 1. The maximum absolute atomic E-state index is 8.50. The summed E-state index contributed by atoms with van der Waals surface area (Å²) in [6, 6.07) is 0.206. The lowest BCUT2D eigenvalue weighted by molar-refractivity contribution is 0.0192. The Labute approximate surface area is 115 Å². The van der Waals surface area contributed by atoms with E-state index in [1.165, 1.54) is 0 Å². The van der Waals surface area contributed by atoms with Gasteiger partial charge in [0.15, 0.2) is 0 Å². The zero-order chi connectivity index (χ0) is 14.5. The fraction of sp³-hybridized carbons (Fsp3) is 0.917. The first kappa shape index (κ1) is 18.1. The summed E-state index contributed by atoms with van der Waals surface area (Å²) in [5.41, 5.74) is 5.46. The molecule has 0 aliphatic carbocycles. The van der Waals surface area contributed by atoms with Gasteiger partial charge in [0, 0.05) is 26.1 Å². The number of methoxy groups -OCH3 is 1. The monoisotopic (exact) mass is 277 g/mol. The van der Waals surface area contributed by atoms with Crippen LogP contribution in [0.5, 0.6) is 0 Å². The van der Waals surface area contributed by atoms with Crippen LogP contribution in [0.4, 0.5) is 0 Å². The van der Waals surface area contributed by atoms with E-state index in [0.29, 0.717) is 39.5 Å². The molecule has 0 amide bonds. The second-order valence-electron chi connectivity index (χ2n) is 4.34. The molecule has 0 aromatic rings. The summed E-state index contributed by atoms with van der Waals surface area (Å²) in [7, 11) is 3.62. The lowest BCUT2D eigenvalue weighted by Gasteiger charge is -2.23. The van der Waals surface area contributed by atoms with E-state index in [9.17, 15) is 0 Å². The predicted octanol–water partition coefficient (Wildman–Crippen LogP) is 0.123. The summed E-state index contributed by atoms with van der Waals surface area (Å²) >= 11 is 0. The van der Waals surface area contributed by atoms with Gasteiger partial charge in [-0.15, -0.1) is 0 Å². The molecule has 0 bridgehead atoms. The Morgan fingerprint density at radius 3 is 2.37 bits per heavy atom. The first-order chi connectivity index (χ1) is 9.11. The highest BCUT2D eigenvalue weighted by atomic mass is 16.5. The predicted molar refractivity (Wildman–Crippen MR) is 73.6 cm³/mol. The Morgan fingerprint density at radius 2 is 1.79 bits per heavy atom. The van der Waals surface area contributed by atoms with Gasteiger partial charge in [0.1, 0.15) is 5.84 Å². The lowest BCUT2D eigenvalue weighted by Crippen LogP contribution is -2.35. The first-order valence-electron chi connectivity index (χ1n) is 6.42. The maximum Gasteiger partial charge on any atom is 0.140 e. The Kier molecular flexibility index (Phi) is 11.6. The van der Waals surface area contributed by atoms with E-state index in [0.717, 1.165) is 6.54 Å². The summed E-state index contributed by atoms with van der Waals surface area (Å²) in [5.74, 6) is 0.242. The molecule has 0 aromatic carbocycles. The average Bonchev–Trinajstić information content (AvgIpc) is 2.41. The molecule has 0 saturated heterocycles. The van der Waals surface area contributed by atoms with Crippen LogP contribution in [-0.2, 0) is 14.2 Å². The zero-order valence-electron chi connectivity index (χ0n) is 12.2. The fourth-order valence-electron chi connectivity index (χ4n) is 1.39. The molecule has 0 spiro atoms. The molecule has 0 aliphatic rings. The summed E-state index contributed by atoms with van der Waals surface area (Å²) < 4.78 is 15.6. The van der Waals surface area contributed by atoms with Gasteiger partial charge in [-0.25, -0.2) is 0 Å². The molecule has 0 aromatic heterocycles. The summed E-state index contributed by atoms with van der Waals surface area (Å²) in [5, 5.41) is 11.5. The number of hydrogen-bond acceptors (Lipinski definition) is 6. The van der Waals surface area contributed by atoms with Gasteiger partial charge in [0.2, 0.25) is 0 Å². The van der Waals surface area contributed by atoms with Crippen LogP contribution in [0.3, 0.4) is 0 Å². The van der Waals surface area contributed by atoms with E-state index in [-0.39, 0.29) is 11.9 Å². The average molecular weight is 277 g/mol. The molecule has 0 fully saturated rings. The molecule has 0 heterocycles. The van der Waals surface area contributed by atoms with Crippen molar-refractivity contribution in [3.05, 3.63) is 0 Å². The van der Waals surface area contributed by atoms with Gasteiger partial charge in [0.05, 0.1) is 33.0 Å². The van der Waals surface area contributed by atoms with Crippen molar-refractivity contribution in [3.8, 4) is 0 Å². The number of rotatable bonds is 12. The van der Waals surface area contributed by atoms with Crippen molar-refractivity contribution in [1.29, 1.82) is 0 Å². The molecule has 0 aliphatic heterocycles. The van der Waals surface area contributed by atoms with Gasteiger partial charge in [0.25, 0.3) is 0 Å². The number of nitrogens with two attached hydrogens (primary N) is 1. The number of hydrogen-bond donors (Lipinski definition) is 2. The summed E-state index contributed by atoms with van der Waals surface area (Å²) in [6.45, 7) is 5.79. The lowest BCUT2D eigenvalue weighted by atomic mass is 10.2. The summed E-state index contributed by atoms with van der Waals surface area (Å²) in [6.07, 6.45) is 0.535. The van der Waals surface area contributed by atoms with Crippen molar-refractivity contribution in [2.75, 3.05) is 53.7 Å². The highest BCUT2D eigenvalue weighted by Gasteiger charge is 2.10. The van der Waals surface area contributed by atoms with Crippen LogP contribution in [0.25, 0.3) is 0 Å². The normalized spacial score (nSPS) is 14.0. The minimum absolute atomic E-state index is 0.206. The third-order valence-electron chi connectivity index (χ3n) is 2.78. The molecule has 114 valence electrons. The van der Waals surface area contributed by atoms with Gasteiger partial charge in [-0.2, -0.15) is 0 Å². The van der Waals surface area contributed by atoms with Crippen LogP contribution in [0, 0.1) is 0 Å². The molecule has 1 unspecified atom stereocenters. The Bertz CT molecular complexity index is 239. The highest BCUT2D eigenvalue weighted by Crippen LogP contribution is 2.00. The Hall–Kier alpha value is -0.890. The number of ether oxygens (including phenoxy) is 3. The number of amidine groups is 1. The van der Waals surface area contributed by atoms with Crippen LogP contribution in [0.15, 0.2) is 5.16 Å². The molecule has 1 atom stereocenters. The minimum atomic E-state index is 0.206. The molecule has 7 nitrogen and oxygen atoms in total. The molecule has 3 N–H and O–H groups in total. The first-order valence-corrected chi connectivity index (χ1v) is 6.42. The van der Waals surface area contributed by atoms with Crippen LogP contribution >= 0.6 is 0 Å². The van der Waals surface area contributed by atoms with E-state index in [4.69, 9.17) is 25.2 Å². The van der Waals surface area contributed by atoms with E-state index >= 15 is 0 Å². The van der Waals surface area contributed by atoms with Crippen molar-refractivity contribution >= 4 is 5.84 Å². The smallest absolute Gasteiger partial charge is 0.140 e. The molecule has 0 rings (SSSR count). The standard InChI is InChI=1S/C12H27N3O4/c1-11(10-12(13)14-16)15(2)4-5-18-8-9-19-7-6-17-3/h11,16H,4-10H2,1-3H3,(H2,13,14). The van der Waals surface area contributed by atoms with Gasteiger partial charge in [-0.05, 0) is 14.0 Å². The van der Waals surface area contributed by atoms with Crippen LogP contribution in [0.1, 0.15) is 13.3 Å². The van der Waals surface area contributed by atoms with E-state index < -0.39 is 0 Å². The van der Waals surface area contributed by atoms with Crippen molar-refractivity contribution in [2.24, 2.45) is 10.9 Å². The van der Waals surface area contributed by atoms with Crippen LogP contribution < -0.4 is 5.73 Å². The molecule has 0 saturated carbocycles. The SMILES string of the molecule is COCCOCCOCCN(C)C(C)CC(N)=NO. The second-order valence-corrected chi connectivity index (χ2v) is 4.34. The van der Waals surface area contributed by atoms with Gasteiger partial charge < -0.3 is 30.1 Å². The van der Waals surface area contributed by atoms with E-state index in [2.05, 4.69) is 10.1 Å². The molecule has 7 heteroatoms. The third-order valence-corrected chi connectivity index (χ3v) is 2.78. The van der Waals surface area contributed by atoms with Gasteiger partial charge in [-0.3, -0.25) is 0 Å². The van der Waals surface area contributed by atoms with Crippen molar-refractivity contribution in [1.82, 2.24) is 4.90 Å². The largest absolute Gasteiger partial charge is 0.409 e. The van der Waals surface area contributed by atoms with Crippen molar-refractivity contribution in [3.63, 3.8) is 0 Å². The molecule has 0 radical (unpaired) electrons. The maximum atomic E-state index is 8.50. The molecule has 19 heavy (non-hydrogen) atoms. The Balaban J connectivity index is 3.44. The van der Waals surface area contributed by atoms with Crippen molar-refractivity contribution in [2.45, 2.75) is 19.4 Å². The van der Waals surface area contributed by atoms with Crippen LogP contribution in [-0.4, -0.2) is 75.7 Å². The number of likely N-dealkylation sites (N-methyl/N-ethyl adjacent to an activating group) is 1. The topological polar surface area (TPSA) is 89.5 Å². The van der Waals surface area contributed by atoms with Crippen molar-refractivity contribution < 1.29 is 19.4 Å².